The van der Waals surface area contributed by atoms with E-state index in [2.05, 4.69) is 10.5 Å². The molecule has 1 unspecified atom stereocenters. The Morgan fingerprint density at radius 1 is 1.47 bits per heavy atom. The molecule has 1 fully saturated rings. The predicted molar refractivity (Wildman–Crippen MR) is 62.9 cm³/mol. The molecule has 0 aliphatic carbocycles. The number of primary amides is 1. The van der Waals surface area contributed by atoms with Crippen LogP contribution in [0.15, 0.2) is 30.3 Å². The van der Waals surface area contributed by atoms with E-state index >= 15 is 0 Å². The lowest BCUT2D eigenvalue weighted by Crippen LogP contribution is -2.11. The molecule has 0 spiro atoms. The highest BCUT2D eigenvalue weighted by Crippen LogP contribution is 2.13. The Morgan fingerprint density at radius 3 is 2.53 bits per heavy atom. The topological polar surface area (TPSA) is 74.1 Å². The van der Waals surface area contributed by atoms with Crippen molar-refractivity contribution in [3.05, 3.63) is 30.3 Å². The first kappa shape index (κ1) is 13.3. The van der Waals surface area contributed by atoms with Crippen molar-refractivity contribution < 1.29 is 19.0 Å². The average Bonchev–Trinajstić information content (AvgIpc) is 3.12. The van der Waals surface area contributed by atoms with Crippen molar-refractivity contribution in [2.24, 2.45) is 5.73 Å². The normalized spacial score (nSPS) is 16.4. The maximum Gasteiger partial charge on any atom is 0.404 e. The largest absolute Gasteiger partial charge is 0.491 e. The minimum absolute atomic E-state index is 0.343. The van der Waals surface area contributed by atoms with E-state index in [1.165, 1.54) is 0 Å². The molecule has 2 N–H and O–H groups in total. The highest BCUT2D eigenvalue weighted by molar-refractivity contribution is 5.64. The van der Waals surface area contributed by atoms with Gasteiger partial charge in [-0.15, -0.1) is 0 Å². The zero-order valence-electron chi connectivity index (χ0n) is 9.80. The van der Waals surface area contributed by atoms with Crippen LogP contribution in [0.1, 0.15) is 6.92 Å². The summed E-state index contributed by atoms with van der Waals surface area (Å²) < 4.78 is 14.6. The first-order valence-corrected chi connectivity index (χ1v) is 5.44. The average molecular weight is 239 g/mol. The number of amides is 1. The van der Waals surface area contributed by atoms with Crippen LogP contribution in [-0.4, -0.2) is 32.0 Å². The smallest absolute Gasteiger partial charge is 0.404 e. The van der Waals surface area contributed by atoms with Crippen molar-refractivity contribution in [2.75, 3.05) is 19.8 Å². The van der Waals surface area contributed by atoms with Gasteiger partial charge in [-0.3, -0.25) is 0 Å². The van der Waals surface area contributed by atoms with Gasteiger partial charge < -0.3 is 19.9 Å². The van der Waals surface area contributed by atoms with Crippen molar-refractivity contribution in [3.8, 4) is 5.75 Å². The minimum atomic E-state index is -0.711. The molecule has 0 aromatic heterocycles. The summed E-state index contributed by atoms with van der Waals surface area (Å²) in [6.45, 7) is 3.59. The van der Waals surface area contributed by atoms with Gasteiger partial charge in [-0.25, -0.2) is 4.79 Å². The Morgan fingerprint density at radius 2 is 2.12 bits per heavy atom. The van der Waals surface area contributed by atoms with Crippen molar-refractivity contribution in [1.29, 1.82) is 0 Å². The van der Waals surface area contributed by atoms with Crippen LogP contribution in [0.2, 0.25) is 0 Å². The van der Waals surface area contributed by atoms with Crippen LogP contribution in [0.5, 0.6) is 5.75 Å². The Balaban J connectivity index is 0.000000209. The molecule has 1 saturated heterocycles. The van der Waals surface area contributed by atoms with Crippen LogP contribution >= 0.6 is 0 Å². The van der Waals surface area contributed by atoms with E-state index in [4.69, 9.17) is 9.47 Å². The van der Waals surface area contributed by atoms with Crippen molar-refractivity contribution in [3.63, 3.8) is 0 Å². The number of nitrogens with two attached hydrogens (primary N) is 1. The van der Waals surface area contributed by atoms with Crippen molar-refractivity contribution >= 4 is 6.09 Å². The van der Waals surface area contributed by atoms with Gasteiger partial charge in [0.2, 0.25) is 0 Å². The molecule has 1 aromatic carbocycles. The number of hydrogen-bond donors (Lipinski definition) is 1. The van der Waals surface area contributed by atoms with Gasteiger partial charge >= 0.3 is 6.09 Å². The molecular weight excluding hydrogens is 222 g/mol. The van der Waals surface area contributed by atoms with E-state index in [-0.39, 0.29) is 0 Å². The Labute approximate surface area is 100 Å². The SMILES string of the molecule is CCOC(N)=O.c1ccc(OCC2CO2)cc1. The molecular formula is C12H17NO4. The summed E-state index contributed by atoms with van der Waals surface area (Å²) in [5.41, 5.74) is 4.54. The fraction of sp³-hybridized carbons (Fsp3) is 0.417. The summed E-state index contributed by atoms with van der Waals surface area (Å²) in [4.78, 5) is 9.60. The zero-order chi connectivity index (χ0) is 12.5. The Hall–Kier alpha value is -1.75. The molecule has 94 valence electrons. The van der Waals surface area contributed by atoms with Crippen LogP contribution in [0.4, 0.5) is 4.79 Å². The fourth-order valence-electron chi connectivity index (χ4n) is 1.01. The third-order valence-electron chi connectivity index (χ3n) is 1.87. The molecule has 1 aliphatic heterocycles. The summed E-state index contributed by atoms with van der Waals surface area (Å²) in [5.74, 6) is 0.919. The second kappa shape index (κ2) is 7.51. The molecule has 0 saturated carbocycles. The van der Waals surface area contributed by atoms with E-state index in [0.29, 0.717) is 19.3 Å². The Kier molecular flexibility index (Phi) is 5.88. The van der Waals surface area contributed by atoms with Crippen LogP contribution in [0, 0.1) is 0 Å². The highest BCUT2D eigenvalue weighted by atomic mass is 16.6. The molecule has 0 radical (unpaired) electrons. The quantitative estimate of drug-likeness (QED) is 0.809. The molecule has 1 amide bonds. The molecule has 0 bridgehead atoms. The van der Waals surface area contributed by atoms with E-state index in [1.54, 1.807) is 6.92 Å². The highest BCUT2D eigenvalue weighted by Gasteiger charge is 2.22. The van der Waals surface area contributed by atoms with Gasteiger partial charge in [0.15, 0.2) is 0 Å². The van der Waals surface area contributed by atoms with E-state index < -0.39 is 6.09 Å². The van der Waals surface area contributed by atoms with Crippen molar-refractivity contribution in [2.45, 2.75) is 13.0 Å². The van der Waals surface area contributed by atoms with Crippen molar-refractivity contribution in [1.82, 2.24) is 0 Å². The molecule has 1 atom stereocenters. The van der Waals surface area contributed by atoms with Crippen LogP contribution < -0.4 is 10.5 Å². The molecule has 1 heterocycles. The first-order chi connectivity index (χ1) is 8.22. The molecule has 5 heteroatoms. The number of epoxide rings is 1. The summed E-state index contributed by atoms with van der Waals surface area (Å²) in [5, 5.41) is 0. The molecule has 5 nitrogen and oxygen atoms in total. The third-order valence-corrected chi connectivity index (χ3v) is 1.87. The van der Waals surface area contributed by atoms with Gasteiger partial charge in [-0.2, -0.15) is 0 Å². The number of rotatable bonds is 4. The third kappa shape index (κ3) is 7.19. The second-order valence-corrected chi connectivity index (χ2v) is 3.33. The van der Waals surface area contributed by atoms with Crippen LogP contribution in [0.25, 0.3) is 0 Å². The summed E-state index contributed by atoms with van der Waals surface area (Å²) in [7, 11) is 0. The lowest BCUT2D eigenvalue weighted by atomic mass is 10.3. The molecule has 1 aliphatic rings. The van der Waals surface area contributed by atoms with Gasteiger partial charge in [-0.05, 0) is 19.1 Å². The fourth-order valence-corrected chi connectivity index (χ4v) is 1.01. The molecule has 1 aromatic rings. The first-order valence-electron chi connectivity index (χ1n) is 5.44. The number of carbonyl (C=O) groups excluding carboxylic acids is 1. The molecule has 2 rings (SSSR count). The minimum Gasteiger partial charge on any atom is -0.491 e. The lowest BCUT2D eigenvalue weighted by Gasteiger charge is -2.01. The number of benzene rings is 1. The molecule has 17 heavy (non-hydrogen) atoms. The zero-order valence-corrected chi connectivity index (χ0v) is 9.80. The maximum atomic E-state index is 9.60. The van der Waals surface area contributed by atoms with E-state index in [1.807, 2.05) is 30.3 Å². The predicted octanol–water partition coefficient (Wildman–Crippen LogP) is 1.57. The summed E-state index contributed by atoms with van der Waals surface area (Å²) in [6, 6.07) is 9.79. The van der Waals surface area contributed by atoms with E-state index in [0.717, 1.165) is 12.4 Å². The monoisotopic (exact) mass is 239 g/mol. The number of para-hydroxylation sites is 1. The van der Waals surface area contributed by atoms with Gasteiger partial charge in [0.1, 0.15) is 18.5 Å². The maximum absolute atomic E-state index is 9.60. The van der Waals surface area contributed by atoms with Crippen LogP contribution in [0.3, 0.4) is 0 Å². The lowest BCUT2D eigenvalue weighted by molar-refractivity contribution is 0.163. The van der Waals surface area contributed by atoms with E-state index in [9.17, 15) is 4.79 Å². The summed E-state index contributed by atoms with van der Waals surface area (Å²) >= 11 is 0. The van der Waals surface area contributed by atoms with Gasteiger partial charge in [0.05, 0.1) is 13.2 Å². The number of hydrogen-bond acceptors (Lipinski definition) is 4. The number of carbonyl (C=O) groups is 1. The number of ether oxygens (including phenoxy) is 3. The summed E-state index contributed by atoms with van der Waals surface area (Å²) in [6.07, 6.45) is -0.368. The second-order valence-electron chi connectivity index (χ2n) is 3.33. The Bertz CT molecular complexity index is 325. The van der Waals surface area contributed by atoms with Gasteiger partial charge in [-0.1, -0.05) is 18.2 Å². The van der Waals surface area contributed by atoms with Crippen LogP contribution in [-0.2, 0) is 9.47 Å². The van der Waals surface area contributed by atoms with Gasteiger partial charge in [0, 0.05) is 0 Å². The standard InChI is InChI=1S/C9H10O2.C3H7NO2/c1-2-4-8(5-3-1)10-6-9-7-11-9;1-2-6-3(4)5/h1-5,9H,6-7H2;2H2,1H3,(H2,4,5). The van der Waals surface area contributed by atoms with Gasteiger partial charge in [0.25, 0.3) is 0 Å².